The maximum atomic E-state index is 11.8. The Labute approximate surface area is 105 Å². The summed E-state index contributed by atoms with van der Waals surface area (Å²) in [5, 5.41) is 3.68. The summed E-state index contributed by atoms with van der Waals surface area (Å²) in [6.07, 6.45) is 0. The molecule has 6 nitrogen and oxygen atoms in total. The lowest BCUT2D eigenvalue weighted by Crippen LogP contribution is -2.35. The van der Waals surface area contributed by atoms with Crippen LogP contribution in [0.2, 0.25) is 0 Å². The minimum absolute atomic E-state index is 0.0454. The lowest BCUT2D eigenvalue weighted by atomic mass is 10.4. The Hall–Kier alpha value is -1.50. The average molecular weight is 258 g/mol. The fraction of sp³-hybridized carbons (Fsp3) is 0.600. The molecule has 1 aromatic heterocycles. The third-order valence-electron chi connectivity index (χ3n) is 2.39. The van der Waals surface area contributed by atoms with Gasteiger partial charge >= 0.3 is 0 Å². The first-order chi connectivity index (χ1) is 8.13. The Kier molecular flexibility index (Phi) is 5.02. The number of hydrogen-bond donors (Lipinski definition) is 2. The second-order valence-corrected chi connectivity index (χ2v) is 4.12. The van der Waals surface area contributed by atoms with Crippen LogP contribution in [0.3, 0.4) is 0 Å². The van der Waals surface area contributed by atoms with Gasteiger partial charge in [0.15, 0.2) is 16.6 Å². The molecule has 1 rings (SSSR count). The molecule has 1 aromatic rings. The molecule has 0 aliphatic heterocycles. The first-order valence-electron chi connectivity index (χ1n) is 5.44. The summed E-state index contributed by atoms with van der Waals surface area (Å²) in [5.41, 5.74) is 5.61. The van der Waals surface area contributed by atoms with Crippen molar-refractivity contribution in [3.63, 3.8) is 0 Å². The lowest BCUT2D eigenvalue weighted by molar-refractivity contribution is -0.128. The fourth-order valence-electron chi connectivity index (χ4n) is 1.45. The zero-order valence-electron chi connectivity index (χ0n) is 10.3. The molecule has 0 saturated heterocycles. The van der Waals surface area contributed by atoms with Gasteiger partial charge in [-0.1, -0.05) is 0 Å². The van der Waals surface area contributed by atoms with Gasteiger partial charge < -0.3 is 20.7 Å². The van der Waals surface area contributed by atoms with Crippen LogP contribution >= 0.6 is 11.5 Å². The molecule has 0 bridgehead atoms. The lowest BCUT2D eigenvalue weighted by Gasteiger charge is -2.18. The molecule has 0 atom stereocenters. The summed E-state index contributed by atoms with van der Waals surface area (Å²) in [4.78, 5) is 13.5. The van der Waals surface area contributed by atoms with Gasteiger partial charge in [0.2, 0.25) is 5.91 Å². The number of nitrogens with one attached hydrogen (secondary N) is 1. The van der Waals surface area contributed by atoms with E-state index in [0.717, 1.165) is 0 Å². The molecule has 7 heteroatoms. The second kappa shape index (κ2) is 6.29. The number of amides is 1. The molecular weight excluding hydrogens is 240 g/mol. The molecular formula is C10H18N4O2S. The Morgan fingerprint density at radius 3 is 2.71 bits per heavy atom. The molecule has 0 aromatic carbocycles. The molecule has 0 saturated carbocycles. The predicted octanol–water partition coefficient (Wildman–Crippen LogP) is 1.01. The average Bonchev–Trinajstić information content (AvgIpc) is 2.68. The van der Waals surface area contributed by atoms with Crippen LogP contribution in [0.5, 0.6) is 5.75 Å². The van der Waals surface area contributed by atoms with Gasteiger partial charge in [0.1, 0.15) is 0 Å². The van der Waals surface area contributed by atoms with Crippen molar-refractivity contribution < 1.29 is 9.53 Å². The van der Waals surface area contributed by atoms with Gasteiger partial charge in [-0.2, -0.15) is 4.37 Å². The summed E-state index contributed by atoms with van der Waals surface area (Å²) in [7, 11) is 1.53. The first-order valence-corrected chi connectivity index (χ1v) is 6.22. The first kappa shape index (κ1) is 13.6. The number of aromatic nitrogens is 1. The number of anilines is 2. The quantitative estimate of drug-likeness (QED) is 0.796. The predicted molar refractivity (Wildman–Crippen MR) is 69.5 cm³/mol. The van der Waals surface area contributed by atoms with Crippen molar-refractivity contribution in [3.05, 3.63) is 0 Å². The molecule has 96 valence electrons. The third kappa shape index (κ3) is 3.23. The summed E-state index contributed by atoms with van der Waals surface area (Å²) < 4.78 is 9.05. The van der Waals surface area contributed by atoms with E-state index in [-0.39, 0.29) is 12.5 Å². The Morgan fingerprint density at radius 1 is 1.53 bits per heavy atom. The van der Waals surface area contributed by atoms with Crippen LogP contribution in [-0.2, 0) is 4.79 Å². The molecule has 1 amide bonds. The van der Waals surface area contributed by atoms with Crippen molar-refractivity contribution in [1.29, 1.82) is 0 Å². The van der Waals surface area contributed by atoms with Crippen molar-refractivity contribution in [3.8, 4) is 5.75 Å². The number of hydrogen-bond acceptors (Lipinski definition) is 6. The van der Waals surface area contributed by atoms with E-state index < -0.39 is 0 Å². The van der Waals surface area contributed by atoms with E-state index in [0.29, 0.717) is 29.7 Å². The Bertz CT molecular complexity index is 376. The zero-order chi connectivity index (χ0) is 12.8. The molecule has 0 aliphatic carbocycles. The van der Waals surface area contributed by atoms with Crippen molar-refractivity contribution in [2.24, 2.45) is 0 Å². The van der Waals surface area contributed by atoms with E-state index in [1.54, 1.807) is 4.90 Å². The third-order valence-corrected chi connectivity index (χ3v) is 3.19. The summed E-state index contributed by atoms with van der Waals surface area (Å²) in [5.74, 6) is 0.890. The number of carbonyl (C=O) groups excluding carboxylic acids is 1. The van der Waals surface area contributed by atoms with Crippen LogP contribution in [0.25, 0.3) is 0 Å². The molecule has 0 radical (unpaired) electrons. The highest BCUT2D eigenvalue weighted by Gasteiger charge is 2.14. The highest BCUT2D eigenvalue weighted by Crippen LogP contribution is 2.34. The Morgan fingerprint density at radius 2 is 2.18 bits per heavy atom. The van der Waals surface area contributed by atoms with E-state index >= 15 is 0 Å². The van der Waals surface area contributed by atoms with Gasteiger partial charge in [0, 0.05) is 13.1 Å². The number of likely N-dealkylation sites (N-methyl/N-ethyl adjacent to an activating group) is 1. The summed E-state index contributed by atoms with van der Waals surface area (Å²) in [6, 6.07) is 0. The molecule has 1 heterocycles. The van der Waals surface area contributed by atoms with Crippen LogP contribution in [0.1, 0.15) is 13.8 Å². The van der Waals surface area contributed by atoms with E-state index in [1.165, 1.54) is 18.6 Å². The van der Waals surface area contributed by atoms with Gasteiger partial charge in [0.25, 0.3) is 0 Å². The molecule has 3 N–H and O–H groups in total. The molecule has 0 aliphatic rings. The van der Waals surface area contributed by atoms with Crippen molar-refractivity contribution in [1.82, 2.24) is 9.27 Å². The largest absolute Gasteiger partial charge is 0.490 e. The number of nitrogen functional groups attached to an aromatic ring is 1. The van der Waals surface area contributed by atoms with Gasteiger partial charge in [-0.3, -0.25) is 4.79 Å². The van der Waals surface area contributed by atoms with Crippen LogP contribution in [0.4, 0.5) is 10.8 Å². The standard InChI is InChI=1S/C10H18N4O2S/c1-4-14(5-2)7(15)6-12-10-8(16-3)9(11)13-17-10/h12H,4-6H2,1-3H3,(H2,11,13). The van der Waals surface area contributed by atoms with Crippen LogP contribution < -0.4 is 15.8 Å². The molecule has 17 heavy (non-hydrogen) atoms. The highest BCUT2D eigenvalue weighted by molar-refractivity contribution is 7.11. The maximum Gasteiger partial charge on any atom is 0.241 e. The Balaban J connectivity index is 2.58. The van der Waals surface area contributed by atoms with Gasteiger partial charge in [-0.25, -0.2) is 0 Å². The van der Waals surface area contributed by atoms with E-state index in [9.17, 15) is 4.79 Å². The van der Waals surface area contributed by atoms with Crippen LogP contribution in [0, 0.1) is 0 Å². The minimum atomic E-state index is 0.0454. The number of nitrogens with two attached hydrogens (primary N) is 1. The number of nitrogens with zero attached hydrogens (tertiary/aromatic N) is 2. The molecule has 0 spiro atoms. The smallest absolute Gasteiger partial charge is 0.241 e. The second-order valence-electron chi connectivity index (χ2n) is 3.35. The van der Waals surface area contributed by atoms with E-state index in [4.69, 9.17) is 10.5 Å². The van der Waals surface area contributed by atoms with E-state index in [2.05, 4.69) is 9.69 Å². The highest BCUT2D eigenvalue weighted by atomic mass is 32.1. The monoisotopic (exact) mass is 258 g/mol. The van der Waals surface area contributed by atoms with Crippen molar-refractivity contribution in [2.45, 2.75) is 13.8 Å². The minimum Gasteiger partial charge on any atom is -0.490 e. The number of rotatable bonds is 6. The maximum absolute atomic E-state index is 11.8. The zero-order valence-corrected chi connectivity index (χ0v) is 11.1. The SMILES string of the molecule is CCN(CC)C(=O)CNc1snc(N)c1OC. The number of ether oxygens (including phenoxy) is 1. The van der Waals surface area contributed by atoms with Gasteiger partial charge in [0.05, 0.1) is 13.7 Å². The summed E-state index contributed by atoms with van der Waals surface area (Å²) >= 11 is 1.19. The topological polar surface area (TPSA) is 80.5 Å². The van der Waals surface area contributed by atoms with Crippen LogP contribution in [0.15, 0.2) is 0 Å². The van der Waals surface area contributed by atoms with Crippen molar-refractivity contribution >= 4 is 28.3 Å². The van der Waals surface area contributed by atoms with Crippen molar-refractivity contribution in [2.75, 3.05) is 37.8 Å². The molecule has 0 fully saturated rings. The normalized spacial score (nSPS) is 10.1. The van der Waals surface area contributed by atoms with Crippen LogP contribution in [-0.4, -0.2) is 41.9 Å². The summed E-state index contributed by atoms with van der Waals surface area (Å²) in [6.45, 7) is 5.54. The van der Waals surface area contributed by atoms with Gasteiger partial charge in [-0.05, 0) is 25.4 Å². The number of carbonyl (C=O) groups is 1. The van der Waals surface area contributed by atoms with Gasteiger partial charge in [-0.15, -0.1) is 0 Å². The fourth-order valence-corrected chi connectivity index (χ4v) is 2.13. The molecule has 0 unspecified atom stereocenters. The van der Waals surface area contributed by atoms with E-state index in [1.807, 2.05) is 13.8 Å². The number of methoxy groups -OCH3 is 1.